The lowest BCUT2D eigenvalue weighted by atomic mass is 9.86. The third-order valence-corrected chi connectivity index (χ3v) is 4.01. The van der Waals surface area contributed by atoms with Crippen LogP contribution in [0.3, 0.4) is 0 Å². The molecule has 1 aromatic rings. The van der Waals surface area contributed by atoms with Gasteiger partial charge in [0.2, 0.25) is 0 Å². The number of carbonyl (C=O) groups is 1. The Labute approximate surface area is 137 Å². The van der Waals surface area contributed by atoms with Crippen LogP contribution in [0.5, 0.6) is 5.06 Å². The quantitative estimate of drug-likeness (QED) is 0.766. The van der Waals surface area contributed by atoms with E-state index in [4.69, 9.17) is 4.74 Å². The number of carbonyl (C=O) groups excluding carboxylic acids is 1. The highest BCUT2D eigenvalue weighted by Gasteiger charge is 2.40. The van der Waals surface area contributed by atoms with E-state index in [-0.39, 0.29) is 17.4 Å². The van der Waals surface area contributed by atoms with Crippen molar-refractivity contribution < 1.29 is 9.53 Å². The fourth-order valence-corrected chi connectivity index (χ4v) is 2.62. The van der Waals surface area contributed by atoms with Crippen molar-refractivity contribution >= 4 is 17.4 Å². The van der Waals surface area contributed by atoms with Crippen molar-refractivity contribution in [1.82, 2.24) is 5.32 Å². The van der Waals surface area contributed by atoms with E-state index < -0.39 is 11.8 Å². The summed E-state index contributed by atoms with van der Waals surface area (Å²) in [5, 5.41) is 14.2. The Kier molecular flexibility index (Phi) is 6.11. The van der Waals surface area contributed by atoms with Gasteiger partial charge >= 0.3 is 6.09 Å². The molecule has 124 valence electrons. The molecule has 1 heterocycles. The second-order valence-electron chi connectivity index (χ2n) is 6.95. The summed E-state index contributed by atoms with van der Waals surface area (Å²) in [6.07, 6.45) is -0.502. The lowest BCUT2D eigenvalue weighted by Gasteiger charge is -2.37. The molecule has 6 heteroatoms. The number of nitrogens with zero attached hydrogens (tertiary/aromatic N) is 2. The molecule has 0 saturated carbocycles. The molecule has 0 aliphatic rings. The van der Waals surface area contributed by atoms with Crippen LogP contribution in [0.1, 0.15) is 48.5 Å². The molecule has 0 aromatic carbocycles. The van der Waals surface area contributed by atoms with Crippen molar-refractivity contribution in [3.63, 3.8) is 0 Å². The molecule has 1 aromatic heterocycles. The van der Waals surface area contributed by atoms with Crippen molar-refractivity contribution in [2.75, 3.05) is 0 Å². The zero-order valence-corrected chi connectivity index (χ0v) is 15.3. The van der Waals surface area contributed by atoms with E-state index in [0.29, 0.717) is 5.06 Å². The molecule has 1 N–H and O–H groups in total. The van der Waals surface area contributed by atoms with Crippen LogP contribution in [0, 0.1) is 11.8 Å². The third kappa shape index (κ3) is 5.09. The predicted octanol–water partition coefficient (Wildman–Crippen LogP) is 5.10. The molecule has 0 radical (unpaired) electrons. The second-order valence-corrected chi connectivity index (χ2v) is 7.86. The molecule has 1 rings (SSSR count). The third-order valence-electron chi connectivity index (χ3n) is 3.27. The normalized spacial score (nSPS) is 13.1. The molecule has 0 saturated heterocycles. The summed E-state index contributed by atoms with van der Waals surface area (Å²) in [6.45, 7) is 14.0. The standard InChI is InChI=1S/C16H27N3O2S/c1-11(2)16(12(3)4,19-18-15(5,6)7)17-14(20)21-13-9-8-10-22-13/h8-12H,1-7H3,(H,17,20)/b19-18+. The number of hydrogen-bond donors (Lipinski definition) is 1. The van der Waals surface area contributed by atoms with Crippen LogP contribution in [0.25, 0.3) is 0 Å². The molecule has 0 fully saturated rings. The highest BCUT2D eigenvalue weighted by molar-refractivity contribution is 7.11. The van der Waals surface area contributed by atoms with E-state index in [1.54, 1.807) is 6.07 Å². The van der Waals surface area contributed by atoms with E-state index in [1.165, 1.54) is 11.3 Å². The maximum absolute atomic E-state index is 12.2. The summed E-state index contributed by atoms with van der Waals surface area (Å²) in [6, 6.07) is 3.60. The van der Waals surface area contributed by atoms with E-state index in [9.17, 15) is 4.79 Å². The number of azo groups is 1. The minimum absolute atomic E-state index is 0.0782. The number of thiophene rings is 1. The molecule has 5 nitrogen and oxygen atoms in total. The number of amides is 1. The average Bonchev–Trinajstić information content (AvgIpc) is 2.85. The van der Waals surface area contributed by atoms with Crippen molar-refractivity contribution in [3.8, 4) is 5.06 Å². The Hall–Kier alpha value is -1.43. The highest BCUT2D eigenvalue weighted by Crippen LogP contribution is 2.30. The molecular weight excluding hydrogens is 298 g/mol. The Bertz CT molecular complexity index is 494. The summed E-state index contributed by atoms with van der Waals surface area (Å²) in [4.78, 5) is 12.2. The molecule has 0 spiro atoms. The Morgan fingerprint density at radius 3 is 2.18 bits per heavy atom. The van der Waals surface area contributed by atoms with Gasteiger partial charge < -0.3 is 4.74 Å². The number of rotatable bonds is 5. The first-order valence-electron chi connectivity index (χ1n) is 7.54. The summed E-state index contributed by atoms with van der Waals surface area (Å²) >= 11 is 1.37. The summed E-state index contributed by atoms with van der Waals surface area (Å²) in [5.41, 5.74) is -1.09. The van der Waals surface area contributed by atoms with Gasteiger partial charge in [0.15, 0.2) is 10.7 Å². The molecular formula is C16H27N3O2S. The van der Waals surface area contributed by atoms with Gasteiger partial charge in [-0.1, -0.05) is 27.7 Å². The van der Waals surface area contributed by atoms with E-state index >= 15 is 0 Å². The smallest absolute Gasteiger partial charge is 0.399 e. The summed E-state index contributed by atoms with van der Waals surface area (Å²) in [5.74, 6) is 0.156. The molecule has 0 atom stereocenters. The van der Waals surface area contributed by atoms with Gasteiger partial charge in [0, 0.05) is 0 Å². The summed E-state index contributed by atoms with van der Waals surface area (Å²) in [7, 11) is 0. The lowest BCUT2D eigenvalue weighted by molar-refractivity contribution is 0.136. The number of hydrogen-bond acceptors (Lipinski definition) is 5. The SMILES string of the molecule is CC(C)C(/N=N/C(C)(C)C)(NC(=O)Oc1cccs1)C(C)C. The van der Waals surface area contributed by atoms with Crippen LogP contribution >= 0.6 is 11.3 Å². The van der Waals surface area contributed by atoms with Crippen molar-refractivity contribution in [2.24, 2.45) is 22.1 Å². The summed E-state index contributed by atoms with van der Waals surface area (Å²) < 4.78 is 5.31. The van der Waals surface area contributed by atoms with Gasteiger partial charge in [0.1, 0.15) is 0 Å². The van der Waals surface area contributed by atoms with Gasteiger partial charge in [-0.05, 0) is 50.1 Å². The van der Waals surface area contributed by atoms with Crippen molar-refractivity contribution in [1.29, 1.82) is 0 Å². The number of nitrogens with one attached hydrogen (secondary N) is 1. The molecule has 22 heavy (non-hydrogen) atoms. The van der Waals surface area contributed by atoms with Gasteiger partial charge in [0.05, 0.1) is 5.54 Å². The molecule has 0 aliphatic carbocycles. The molecule has 1 amide bonds. The zero-order valence-electron chi connectivity index (χ0n) is 14.5. The molecule has 0 aliphatic heterocycles. The van der Waals surface area contributed by atoms with E-state index in [2.05, 4.69) is 15.5 Å². The minimum atomic E-state index is -0.790. The van der Waals surface area contributed by atoms with Gasteiger partial charge in [-0.15, -0.1) is 11.3 Å². The maximum atomic E-state index is 12.2. The van der Waals surface area contributed by atoms with Crippen LogP contribution < -0.4 is 10.1 Å². The monoisotopic (exact) mass is 325 g/mol. The van der Waals surface area contributed by atoms with Gasteiger partial charge in [0.25, 0.3) is 0 Å². The topological polar surface area (TPSA) is 63.0 Å². The van der Waals surface area contributed by atoms with Crippen LogP contribution in [-0.4, -0.2) is 17.3 Å². The van der Waals surface area contributed by atoms with Crippen LogP contribution in [0.4, 0.5) is 4.79 Å². The van der Waals surface area contributed by atoms with E-state index in [1.807, 2.05) is 59.9 Å². The second kappa shape index (κ2) is 7.22. The first-order valence-corrected chi connectivity index (χ1v) is 8.42. The van der Waals surface area contributed by atoms with Crippen LogP contribution in [0.15, 0.2) is 27.7 Å². The lowest BCUT2D eigenvalue weighted by Crippen LogP contribution is -2.55. The average molecular weight is 325 g/mol. The Morgan fingerprint density at radius 2 is 1.77 bits per heavy atom. The Balaban J connectivity index is 2.99. The van der Waals surface area contributed by atoms with Crippen LogP contribution in [0.2, 0.25) is 0 Å². The Morgan fingerprint density at radius 1 is 1.18 bits per heavy atom. The fraction of sp³-hybridized carbons (Fsp3) is 0.688. The van der Waals surface area contributed by atoms with E-state index in [0.717, 1.165) is 0 Å². The largest absolute Gasteiger partial charge is 0.415 e. The van der Waals surface area contributed by atoms with Crippen molar-refractivity contribution in [2.45, 2.75) is 59.7 Å². The van der Waals surface area contributed by atoms with Crippen LogP contribution in [-0.2, 0) is 0 Å². The molecule has 0 bridgehead atoms. The number of ether oxygens (including phenoxy) is 1. The fourth-order valence-electron chi connectivity index (χ4n) is 2.05. The van der Waals surface area contributed by atoms with Crippen molar-refractivity contribution in [3.05, 3.63) is 17.5 Å². The predicted molar refractivity (Wildman–Crippen MR) is 90.5 cm³/mol. The first kappa shape index (κ1) is 18.6. The van der Waals surface area contributed by atoms with Gasteiger partial charge in [-0.25, -0.2) is 4.79 Å². The maximum Gasteiger partial charge on any atom is 0.415 e. The highest BCUT2D eigenvalue weighted by atomic mass is 32.1. The molecule has 0 unspecified atom stereocenters. The minimum Gasteiger partial charge on any atom is -0.399 e. The van der Waals surface area contributed by atoms with Gasteiger partial charge in [-0.2, -0.15) is 10.2 Å². The van der Waals surface area contributed by atoms with Gasteiger partial charge in [-0.3, -0.25) is 5.32 Å². The zero-order chi connectivity index (χ0) is 17.0. The first-order chi connectivity index (χ1) is 10.1.